The van der Waals surface area contributed by atoms with Gasteiger partial charge in [0.15, 0.2) is 16.0 Å². The molecule has 242 valence electrons. The third-order valence-corrected chi connectivity index (χ3v) is 8.44. The summed E-state index contributed by atoms with van der Waals surface area (Å²) in [6, 6.07) is 14.6. The normalized spacial score (nSPS) is 17.0. The average Bonchev–Trinajstić information content (AvgIpc) is 3.32. The summed E-state index contributed by atoms with van der Waals surface area (Å²) >= 11 is 6.48. The third-order valence-electron chi connectivity index (χ3n) is 7.14. The molecule has 3 N–H and O–H groups in total. The van der Waals surface area contributed by atoms with Crippen molar-refractivity contribution in [3.8, 4) is 22.6 Å². The number of carboxylic acid groups (broad SMARTS) is 1. The van der Waals surface area contributed by atoms with Crippen molar-refractivity contribution < 1.29 is 42.8 Å². The Balaban J connectivity index is 1.26. The van der Waals surface area contributed by atoms with Gasteiger partial charge in [-0.05, 0) is 65.7 Å². The van der Waals surface area contributed by atoms with Crippen molar-refractivity contribution in [2.75, 3.05) is 52.6 Å². The highest BCUT2D eigenvalue weighted by Gasteiger charge is 2.33. The van der Waals surface area contributed by atoms with Crippen LogP contribution in [0.3, 0.4) is 0 Å². The van der Waals surface area contributed by atoms with Crippen LogP contribution in [0, 0.1) is 11.6 Å². The van der Waals surface area contributed by atoms with Gasteiger partial charge in [0.05, 0.1) is 23.7 Å². The fourth-order valence-electron chi connectivity index (χ4n) is 4.64. The van der Waals surface area contributed by atoms with Crippen LogP contribution >= 0.6 is 24.0 Å². The molecule has 2 saturated heterocycles. The Morgan fingerprint density at radius 1 is 1.04 bits per heavy atom. The Kier molecular flexibility index (Phi) is 11.3. The molecule has 3 aromatic carbocycles. The molecule has 2 heterocycles. The fraction of sp³-hybridized carbons (Fsp3) is 0.281. The molecular formula is C32H31F2N3O7S2. The van der Waals surface area contributed by atoms with Crippen LogP contribution in [0.1, 0.15) is 15.9 Å². The number of aromatic carboxylic acids is 1. The van der Waals surface area contributed by atoms with E-state index in [2.05, 4.69) is 10.3 Å². The Labute approximate surface area is 273 Å². The maximum atomic E-state index is 14.0. The van der Waals surface area contributed by atoms with Crippen molar-refractivity contribution in [1.82, 2.24) is 15.3 Å². The summed E-state index contributed by atoms with van der Waals surface area (Å²) in [5.74, 6) is -2.54. The summed E-state index contributed by atoms with van der Waals surface area (Å²) < 4.78 is 44.8. The first-order valence-electron chi connectivity index (χ1n) is 14.4. The van der Waals surface area contributed by atoms with Gasteiger partial charge in [0.25, 0.3) is 5.91 Å². The van der Waals surface area contributed by atoms with Crippen molar-refractivity contribution in [2.45, 2.75) is 6.10 Å². The molecule has 5 rings (SSSR count). The zero-order valence-electron chi connectivity index (χ0n) is 24.5. The molecule has 14 heteroatoms. The molecule has 46 heavy (non-hydrogen) atoms. The van der Waals surface area contributed by atoms with Gasteiger partial charge in [0.1, 0.15) is 30.8 Å². The Bertz CT molecular complexity index is 1620. The van der Waals surface area contributed by atoms with Gasteiger partial charge < -0.3 is 24.4 Å². The van der Waals surface area contributed by atoms with Crippen LogP contribution in [-0.2, 0) is 9.53 Å². The van der Waals surface area contributed by atoms with Crippen LogP contribution in [0.15, 0.2) is 65.6 Å². The predicted octanol–water partition coefficient (Wildman–Crippen LogP) is 4.19. The van der Waals surface area contributed by atoms with E-state index in [1.807, 2.05) is 0 Å². The SMILES string of the molecule is O=C(O)c1ccc(OCC(O)CNN2C(=O)/C(=C/c3cc(-c4ccc(F)c(F)c4)ccc3OCCN3CCOCC3)SC2=S)cc1. The number of rotatable bonds is 13. The highest BCUT2D eigenvalue weighted by Crippen LogP contribution is 2.35. The fourth-order valence-corrected chi connectivity index (χ4v) is 5.85. The number of carboxylic acids is 1. The number of thioether (sulfide) groups is 1. The number of ether oxygens (including phenoxy) is 3. The van der Waals surface area contributed by atoms with E-state index in [1.165, 1.54) is 30.3 Å². The van der Waals surface area contributed by atoms with Crippen LogP contribution in [0.5, 0.6) is 11.5 Å². The molecule has 1 unspecified atom stereocenters. The van der Waals surface area contributed by atoms with Crippen molar-refractivity contribution in [3.05, 3.63) is 88.3 Å². The van der Waals surface area contributed by atoms with Crippen molar-refractivity contribution >= 4 is 46.3 Å². The standard InChI is InChI=1S/C32H31F2N3O7S2/c33-26-7-3-22(16-27(26)34)21-4-8-28(43-14-11-36-9-12-42-13-10-36)23(15-21)17-29-30(39)37(32(45)46-29)35-18-24(38)19-44-25-5-1-20(2-6-25)31(40)41/h1-8,15-17,24,35,38H,9-14,18-19H2,(H,40,41)/b29-17-. The number of amides is 1. The summed E-state index contributed by atoms with van der Waals surface area (Å²) in [6.45, 7) is 3.83. The van der Waals surface area contributed by atoms with Gasteiger partial charge in [0.2, 0.25) is 0 Å². The van der Waals surface area contributed by atoms with Crippen molar-refractivity contribution in [3.63, 3.8) is 0 Å². The zero-order chi connectivity index (χ0) is 32.6. The molecule has 0 spiro atoms. The lowest BCUT2D eigenvalue weighted by Gasteiger charge is -2.26. The molecule has 2 aliphatic heterocycles. The number of nitrogens with one attached hydrogen (secondary N) is 1. The monoisotopic (exact) mass is 671 g/mol. The van der Waals surface area contributed by atoms with E-state index < -0.39 is 29.6 Å². The molecule has 0 aromatic heterocycles. The minimum atomic E-state index is -1.06. The molecule has 0 aliphatic carbocycles. The van der Waals surface area contributed by atoms with Crippen LogP contribution < -0.4 is 14.9 Å². The number of morpholine rings is 1. The van der Waals surface area contributed by atoms with Gasteiger partial charge in [-0.2, -0.15) is 0 Å². The minimum absolute atomic E-state index is 0.0611. The van der Waals surface area contributed by atoms with Gasteiger partial charge in [-0.15, -0.1) is 0 Å². The Morgan fingerprint density at radius 3 is 2.48 bits per heavy atom. The van der Waals surface area contributed by atoms with Gasteiger partial charge in [0, 0.05) is 31.7 Å². The topological polar surface area (TPSA) is 121 Å². The van der Waals surface area contributed by atoms with E-state index >= 15 is 0 Å². The van der Waals surface area contributed by atoms with E-state index in [1.54, 1.807) is 24.3 Å². The van der Waals surface area contributed by atoms with Gasteiger partial charge >= 0.3 is 5.97 Å². The largest absolute Gasteiger partial charge is 0.492 e. The Morgan fingerprint density at radius 2 is 1.76 bits per heavy atom. The van der Waals surface area contributed by atoms with E-state index in [4.69, 9.17) is 31.5 Å². The van der Waals surface area contributed by atoms with E-state index in [9.17, 15) is 23.5 Å². The first-order chi connectivity index (χ1) is 22.2. The molecular weight excluding hydrogens is 640 g/mol. The molecule has 0 saturated carbocycles. The van der Waals surface area contributed by atoms with E-state index in [0.717, 1.165) is 42.0 Å². The quantitative estimate of drug-likeness (QED) is 0.179. The molecule has 2 aliphatic rings. The third kappa shape index (κ3) is 8.66. The van der Waals surface area contributed by atoms with Crippen LogP contribution in [0.4, 0.5) is 8.78 Å². The zero-order valence-corrected chi connectivity index (χ0v) is 26.1. The number of hydrogen-bond donors (Lipinski definition) is 3. The smallest absolute Gasteiger partial charge is 0.335 e. The second-order valence-electron chi connectivity index (χ2n) is 10.4. The second kappa shape index (κ2) is 15.6. The summed E-state index contributed by atoms with van der Waals surface area (Å²) in [5.41, 5.74) is 4.55. The van der Waals surface area contributed by atoms with Gasteiger partial charge in [-0.25, -0.2) is 24.0 Å². The second-order valence-corrected chi connectivity index (χ2v) is 12.0. The molecule has 3 aromatic rings. The highest BCUT2D eigenvalue weighted by atomic mass is 32.2. The summed E-state index contributed by atoms with van der Waals surface area (Å²) in [5, 5.41) is 20.6. The number of carbonyl (C=O) groups excluding carboxylic acids is 1. The molecule has 1 atom stereocenters. The van der Waals surface area contributed by atoms with E-state index in [-0.39, 0.29) is 23.0 Å². The number of aliphatic hydroxyl groups excluding tert-OH is 1. The summed E-state index contributed by atoms with van der Waals surface area (Å²) in [7, 11) is 0. The van der Waals surface area contributed by atoms with Crippen LogP contribution in [0.25, 0.3) is 17.2 Å². The minimum Gasteiger partial charge on any atom is -0.492 e. The number of carbonyl (C=O) groups is 2. The number of benzene rings is 3. The number of aliphatic hydroxyl groups is 1. The number of halogens is 2. The van der Waals surface area contributed by atoms with Gasteiger partial charge in [-0.3, -0.25) is 9.69 Å². The average molecular weight is 672 g/mol. The highest BCUT2D eigenvalue weighted by molar-refractivity contribution is 8.26. The van der Waals surface area contributed by atoms with Gasteiger partial charge in [-0.1, -0.05) is 36.1 Å². The number of hydrogen-bond acceptors (Lipinski definition) is 10. The van der Waals surface area contributed by atoms with Crippen molar-refractivity contribution in [2.24, 2.45) is 0 Å². The van der Waals surface area contributed by atoms with Crippen LogP contribution in [0.2, 0.25) is 0 Å². The maximum absolute atomic E-state index is 14.0. The summed E-state index contributed by atoms with van der Waals surface area (Å²) in [6.07, 6.45) is 0.612. The first-order valence-corrected chi connectivity index (χ1v) is 15.6. The number of hydrazine groups is 1. The Hall–Kier alpha value is -3.92. The molecule has 0 bridgehead atoms. The number of nitrogens with zero attached hydrogens (tertiary/aromatic N) is 2. The lowest BCUT2D eigenvalue weighted by Crippen LogP contribution is -2.45. The van der Waals surface area contributed by atoms with E-state index in [0.29, 0.717) is 59.5 Å². The number of thiocarbonyl (C=S) groups is 1. The molecule has 10 nitrogen and oxygen atoms in total. The lowest BCUT2D eigenvalue weighted by atomic mass is 10.0. The summed E-state index contributed by atoms with van der Waals surface area (Å²) in [4.78, 5) is 26.9. The molecule has 0 radical (unpaired) electrons. The lowest BCUT2D eigenvalue weighted by molar-refractivity contribution is -0.124. The molecule has 2 fully saturated rings. The van der Waals surface area contributed by atoms with Crippen molar-refractivity contribution in [1.29, 1.82) is 0 Å². The van der Waals surface area contributed by atoms with Crippen LogP contribution in [-0.4, -0.2) is 95.0 Å². The predicted molar refractivity (Wildman–Crippen MR) is 172 cm³/mol. The first kappa shape index (κ1) is 33.4. The maximum Gasteiger partial charge on any atom is 0.335 e. The molecule has 1 amide bonds.